The molecule has 0 heterocycles. The molecule has 0 saturated heterocycles. The number of rotatable bonds is 5. The molecule has 102 valence electrons. The number of oxime groups is 1. The summed E-state index contributed by atoms with van der Waals surface area (Å²) >= 11 is 0. The van der Waals surface area contributed by atoms with Gasteiger partial charge in [-0.25, -0.2) is 0 Å². The van der Waals surface area contributed by atoms with Crippen LogP contribution in [0.3, 0.4) is 0 Å². The molecule has 7 nitrogen and oxygen atoms in total. The molecule has 0 fully saturated rings. The van der Waals surface area contributed by atoms with Crippen LogP contribution < -0.4 is 0 Å². The number of hydrogen-bond donors (Lipinski definition) is 2. The van der Waals surface area contributed by atoms with Crippen molar-refractivity contribution in [3.05, 3.63) is 29.3 Å². The molecule has 2 N–H and O–H groups in total. The normalized spacial score (nSPS) is 10.4. The van der Waals surface area contributed by atoms with E-state index in [0.717, 1.165) is 6.21 Å². The third-order valence-corrected chi connectivity index (χ3v) is 2.12. The number of benzene rings is 1. The van der Waals surface area contributed by atoms with E-state index >= 15 is 0 Å². The van der Waals surface area contributed by atoms with Gasteiger partial charge in [0.15, 0.2) is 0 Å². The molecule has 0 aliphatic carbocycles. The zero-order valence-corrected chi connectivity index (χ0v) is 10.2. The average Bonchev–Trinajstić information content (AvgIpc) is 2.33. The Morgan fingerprint density at radius 2 is 2.11 bits per heavy atom. The van der Waals surface area contributed by atoms with Crippen LogP contribution in [0.1, 0.15) is 18.1 Å². The van der Waals surface area contributed by atoms with E-state index in [-0.39, 0.29) is 17.7 Å². The summed E-state index contributed by atoms with van der Waals surface area (Å²) in [7, 11) is 0. The third-order valence-electron chi connectivity index (χ3n) is 2.12. The Labute approximate surface area is 109 Å². The molecule has 7 heteroatoms. The number of carbonyl (C=O) groups excluding carboxylic acids is 2. The van der Waals surface area contributed by atoms with E-state index in [0.29, 0.717) is 5.56 Å². The summed E-state index contributed by atoms with van der Waals surface area (Å²) in [4.78, 5) is 21.8. The van der Waals surface area contributed by atoms with E-state index in [1.165, 1.54) is 25.1 Å². The lowest BCUT2D eigenvalue weighted by atomic mass is 10.1. The van der Waals surface area contributed by atoms with Crippen LogP contribution in [-0.2, 0) is 25.5 Å². The third kappa shape index (κ3) is 5.07. The maximum atomic E-state index is 11.4. The molecule has 1 aromatic carbocycles. The van der Waals surface area contributed by atoms with Gasteiger partial charge in [-0.05, 0) is 17.7 Å². The second kappa shape index (κ2) is 7.00. The van der Waals surface area contributed by atoms with Gasteiger partial charge >= 0.3 is 11.9 Å². The Hall–Kier alpha value is -2.57. The van der Waals surface area contributed by atoms with Crippen LogP contribution in [0.2, 0.25) is 0 Å². The van der Waals surface area contributed by atoms with Gasteiger partial charge in [-0.1, -0.05) is 11.2 Å². The molecule has 0 aromatic heterocycles. The predicted octanol–water partition coefficient (Wildman–Crippen LogP) is 0.807. The number of esters is 2. The number of carbonyl (C=O) groups is 2. The topological polar surface area (TPSA) is 105 Å². The summed E-state index contributed by atoms with van der Waals surface area (Å²) in [5, 5.41) is 20.6. The summed E-state index contributed by atoms with van der Waals surface area (Å²) in [5.74, 6) is -1.20. The fourth-order valence-corrected chi connectivity index (χ4v) is 1.28. The van der Waals surface area contributed by atoms with Crippen molar-refractivity contribution >= 4 is 18.2 Å². The molecule has 1 rings (SSSR count). The van der Waals surface area contributed by atoms with Crippen LogP contribution in [0, 0.1) is 0 Å². The minimum Gasteiger partial charge on any atom is -0.507 e. The highest BCUT2D eigenvalue weighted by molar-refractivity contribution is 5.84. The summed E-state index contributed by atoms with van der Waals surface area (Å²) in [5.41, 5.74) is 0.827. The molecule has 0 aliphatic rings. The fourth-order valence-electron chi connectivity index (χ4n) is 1.28. The number of hydrogen-bond acceptors (Lipinski definition) is 7. The zero-order valence-electron chi connectivity index (χ0n) is 10.2. The van der Waals surface area contributed by atoms with Crippen molar-refractivity contribution in [1.29, 1.82) is 0 Å². The predicted molar refractivity (Wildman–Crippen MR) is 63.9 cm³/mol. The zero-order chi connectivity index (χ0) is 14.3. The molecule has 0 radical (unpaired) electrons. The van der Waals surface area contributed by atoms with E-state index < -0.39 is 18.7 Å². The minimum atomic E-state index is -0.584. The van der Waals surface area contributed by atoms with E-state index in [9.17, 15) is 14.7 Å². The summed E-state index contributed by atoms with van der Waals surface area (Å²) in [6.45, 7) is 0.769. The highest BCUT2D eigenvalue weighted by Crippen LogP contribution is 2.17. The fraction of sp³-hybridized carbons (Fsp3) is 0.250. The van der Waals surface area contributed by atoms with Crippen LogP contribution >= 0.6 is 0 Å². The summed E-state index contributed by atoms with van der Waals surface area (Å²) < 4.78 is 9.11. The first-order valence-electron chi connectivity index (χ1n) is 5.31. The van der Waals surface area contributed by atoms with Gasteiger partial charge in [-0.15, -0.1) is 0 Å². The molecule has 0 aliphatic heterocycles. The Kier molecular flexibility index (Phi) is 5.34. The van der Waals surface area contributed by atoms with E-state index in [2.05, 4.69) is 14.6 Å². The van der Waals surface area contributed by atoms with Crippen LogP contribution in [0.15, 0.2) is 23.4 Å². The van der Waals surface area contributed by atoms with Crippen molar-refractivity contribution in [2.24, 2.45) is 5.16 Å². The second-order valence-electron chi connectivity index (χ2n) is 3.58. The van der Waals surface area contributed by atoms with Crippen molar-refractivity contribution in [1.82, 2.24) is 0 Å². The molecule has 0 saturated carbocycles. The molecule has 0 bridgehead atoms. The van der Waals surface area contributed by atoms with Crippen LogP contribution in [0.4, 0.5) is 0 Å². The number of aromatic hydroxyl groups is 1. The molecule has 0 amide bonds. The van der Waals surface area contributed by atoms with E-state index in [1.807, 2.05) is 0 Å². The molecule has 19 heavy (non-hydrogen) atoms. The molecule has 0 unspecified atom stereocenters. The van der Waals surface area contributed by atoms with Gasteiger partial charge in [0.25, 0.3) is 0 Å². The standard InChI is InChI=1S/C12H13NO6/c1-8(14)18-7-19-12(16)5-9-2-3-11(15)10(4-9)6-13-17/h2-4,6,15,17H,5,7H2,1H3/b13-6+. The minimum absolute atomic E-state index is 0.0617. The lowest BCUT2D eigenvalue weighted by Gasteiger charge is -2.06. The lowest BCUT2D eigenvalue weighted by molar-refractivity contribution is -0.165. The van der Waals surface area contributed by atoms with Gasteiger partial charge in [0.2, 0.25) is 6.79 Å². The molecular weight excluding hydrogens is 254 g/mol. The molecule has 1 aromatic rings. The van der Waals surface area contributed by atoms with E-state index in [4.69, 9.17) is 5.21 Å². The first-order valence-corrected chi connectivity index (χ1v) is 5.31. The van der Waals surface area contributed by atoms with Gasteiger partial charge in [0.05, 0.1) is 12.6 Å². The second-order valence-corrected chi connectivity index (χ2v) is 3.58. The maximum Gasteiger partial charge on any atom is 0.313 e. The quantitative estimate of drug-likeness (QED) is 0.269. The lowest BCUT2D eigenvalue weighted by Crippen LogP contribution is -2.12. The largest absolute Gasteiger partial charge is 0.507 e. The van der Waals surface area contributed by atoms with Crippen molar-refractivity contribution in [2.75, 3.05) is 6.79 Å². The van der Waals surface area contributed by atoms with E-state index in [1.54, 1.807) is 0 Å². The maximum absolute atomic E-state index is 11.4. The number of ether oxygens (including phenoxy) is 2. The Bertz CT molecular complexity index is 497. The molecule has 0 atom stereocenters. The SMILES string of the molecule is CC(=O)OCOC(=O)Cc1ccc(O)c(/C=N/O)c1. The Balaban J connectivity index is 2.59. The van der Waals surface area contributed by atoms with Crippen molar-refractivity contribution in [2.45, 2.75) is 13.3 Å². The summed E-state index contributed by atoms with van der Waals surface area (Å²) in [6.07, 6.45) is 0.983. The van der Waals surface area contributed by atoms with Crippen molar-refractivity contribution < 1.29 is 29.4 Å². The van der Waals surface area contributed by atoms with Crippen LogP contribution in [0.5, 0.6) is 5.75 Å². The highest BCUT2D eigenvalue weighted by atomic mass is 16.7. The van der Waals surface area contributed by atoms with Gasteiger partial charge in [-0.2, -0.15) is 0 Å². The first kappa shape index (κ1) is 14.5. The van der Waals surface area contributed by atoms with Crippen molar-refractivity contribution in [3.8, 4) is 5.75 Å². The van der Waals surface area contributed by atoms with Gasteiger partial charge < -0.3 is 19.8 Å². The Morgan fingerprint density at radius 3 is 2.74 bits per heavy atom. The Morgan fingerprint density at radius 1 is 1.37 bits per heavy atom. The van der Waals surface area contributed by atoms with Crippen LogP contribution in [0.25, 0.3) is 0 Å². The van der Waals surface area contributed by atoms with Crippen LogP contribution in [-0.4, -0.2) is 35.3 Å². The van der Waals surface area contributed by atoms with Crippen molar-refractivity contribution in [3.63, 3.8) is 0 Å². The number of phenols is 1. The van der Waals surface area contributed by atoms with Gasteiger partial charge in [-0.3, -0.25) is 9.59 Å². The first-order chi connectivity index (χ1) is 9.02. The summed E-state index contributed by atoms with van der Waals surface area (Å²) in [6, 6.07) is 4.37. The molecular formula is C12H13NO6. The monoisotopic (exact) mass is 267 g/mol. The average molecular weight is 267 g/mol. The smallest absolute Gasteiger partial charge is 0.313 e. The van der Waals surface area contributed by atoms with Gasteiger partial charge in [0, 0.05) is 12.5 Å². The number of nitrogens with zero attached hydrogens (tertiary/aromatic N) is 1. The highest BCUT2D eigenvalue weighted by Gasteiger charge is 2.08. The molecule has 0 spiro atoms. The number of phenolic OH excluding ortho intramolecular Hbond substituents is 1. The van der Waals surface area contributed by atoms with Gasteiger partial charge in [0.1, 0.15) is 5.75 Å².